The van der Waals surface area contributed by atoms with Crippen LogP contribution in [0.4, 0.5) is 11.4 Å². The summed E-state index contributed by atoms with van der Waals surface area (Å²) in [6.07, 6.45) is 5.06. The molecule has 0 bridgehead atoms. The number of esters is 1. The Morgan fingerprint density at radius 1 is 0.951 bits per heavy atom. The Labute approximate surface area is 254 Å². The Bertz CT molecular complexity index is 1310. The van der Waals surface area contributed by atoms with Gasteiger partial charge in [0.1, 0.15) is 0 Å². The Hall–Kier alpha value is -3.55. The average molecular weight is 598 g/mol. The fourth-order valence-corrected chi connectivity index (χ4v) is 5.32. The zero-order chi connectivity index (χ0) is 27.0. The lowest BCUT2D eigenvalue weighted by atomic mass is 9.82. The van der Waals surface area contributed by atoms with Crippen LogP contribution in [-0.4, -0.2) is 55.9 Å². The number of fused-ring (bicyclic) bond motifs is 1. The summed E-state index contributed by atoms with van der Waals surface area (Å²) in [6, 6.07) is 24.1. The lowest BCUT2D eigenvalue weighted by Crippen LogP contribution is -2.44. The largest absolute Gasteiger partial charge is 0.466 e. The third kappa shape index (κ3) is 8.72. The van der Waals surface area contributed by atoms with Gasteiger partial charge in [0.25, 0.3) is 5.91 Å². The first-order valence-electron chi connectivity index (χ1n) is 13.8. The molecule has 1 atom stereocenters. The summed E-state index contributed by atoms with van der Waals surface area (Å²) < 4.78 is 5.12. The number of hydrazone groups is 1. The highest BCUT2D eigenvalue weighted by Gasteiger charge is 2.22. The molecule has 5 rings (SSSR count). The van der Waals surface area contributed by atoms with Gasteiger partial charge in [-0.2, -0.15) is 5.10 Å². The van der Waals surface area contributed by atoms with E-state index in [4.69, 9.17) is 4.74 Å². The van der Waals surface area contributed by atoms with Crippen molar-refractivity contribution >= 4 is 54.3 Å². The summed E-state index contributed by atoms with van der Waals surface area (Å²) in [5.41, 5.74) is 6.07. The van der Waals surface area contributed by atoms with E-state index in [1.54, 1.807) is 0 Å². The lowest BCUT2D eigenvalue weighted by molar-refractivity contribution is -0.144. The number of carbonyl (C=O) groups is 2. The van der Waals surface area contributed by atoms with Crippen molar-refractivity contribution in [2.24, 2.45) is 11.0 Å². The van der Waals surface area contributed by atoms with Crippen LogP contribution in [0.5, 0.6) is 0 Å². The summed E-state index contributed by atoms with van der Waals surface area (Å²) >= 11 is 0. The van der Waals surface area contributed by atoms with Crippen molar-refractivity contribution in [1.82, 2.24) is 5.01 Å². The van der Waals surface area contributed by atoms with Gasteiger partial charge in [-0.05, 0) is 85.2 Å². The number of aryl methyl sites for hydroxylation is 1. The Morgan fingerprint density at radius 2 is 1.68 bits per heavy atom. The molecule has 0 aromatic heterocycles. The topological polar surface area (TPSA) is 74.2 Å². The zero-order valence-corrected chi connectivity index (χ0v) is 25.0. The van der Waals surface area contributed by atoms with E-state index in [1.165, 1.54) is 16.8 Å². The molecular weight excluding hydrogens is 559 g/mol. The second kappa shape index (κ2) is 15.5. The third-order valence-electron chi connectivity index (χ3n) is 7.48. The number of hydrogen-bond donors (Lipinski definition) is 1. The number of hydrogen-bond acceptors (Lipinski definition) is 6. The predicted molar refractivity (Wildman–Crippen MR) is 170 cm³/mol. The molecule has 1 unspecified atom stereocenters. The van der Waals surface area contributed by atoms with Gasteiger partial charge in [0.2, 0.25) is 0 Å². The molecule has 1 aliphatic carbocycles. The molecule has 1 N–H and O–H groups in total. The number of para-hydroxylation sites is 1. The third-order valence-corrected chi connectivity index (χ3v) is 7.48. The van der Waals surface area contributed by atoms with Crippen LogP contribution < -0.4 is 10.2 Å². The molecule has 7 nitrogen and oxygen atoms in total. The molecule has 41 heavy (non-hydrogen) atoms. The highest BCUT2D eigenvalue weighted by molar-refractivity contribution is 6.04. The van der Waals surface area contributed by atoms with Crippen molar-refractivity contribution in [3.8, 4) is 0 Å². The Balaban J connectivity index is 0.00000231. The second-order valence-corrected chi connectivity index (χ2v) is 10.2. The normalized spacial score (nSPS) is 16.3. The number of carbonyl (C=O) groups excluding carboxylic acids is 2. The van der Waals surface area contributed by atoms with E-state index < -0.39 is 0 Å². The van der Waals surface area contributed by atoms with Crippen LogP contribution in [0.1, 0.15) is 46.8 Å². The van der Waals surface area contributed by atoms with E-state index in [0.717, 1.165) is 56.7 Å². The van der Waals surface area contributed by atoms with Gasteiger partial charge in [-0.1, -0.05) is 36.4 Å². The van der Waals surface area contributed by atoms with E-state index in [2.05, 4.69) is 50.7 Å². The van der Waals surface area contributed by atoms with Gasteiger partial charge >= 0.3 is 5.97 Å². The monoisotopic (exact) mass is 596 g/mol. The first-order valence-corrected chi connectivity index (χ1v) is 13.8. The number of amides is 1. The molecule has 9 heteroatoms. The molecule has 1 heterocycles. The molecule has 0 radical (unpaired) electrons. The number of ether oxygens (including phenoxy) is 1. The maximum Gasteiger partial charge on any atom is 0.306 e. The fourth-order valence-electron chi connectivity index (χ4n) is 5.32. The molecule has 1 fully saturated rings. The standard InChI is InChI=1S/C32H36N4O3.2ClH/c1-2-39-31(37)21-25-10-11-26-14-15-29(22-28(26)20-25)34-32(38)27-12-8-24(9-13-27)23-33-36-18-16-35(17-19-36)30-6-4-3-5-7-30;;/h3-9,12-15,22-23,25H,2,10-11,16-21H2,1H3,(H,34,38);2*1H. The maximum absolute atomic E-state index is 12.9. The highest BCUT2D eigenvalue weighted by atomic mass is 35.5. The number of piperazine rings is 1. The zero-order valence-electron chi connectivity index (χ0n) is 23.3. The molecular formula is C32H38Cl2N4O3. The molecule has 2 aliphatic rings. The molecule has 1 aliphatic heterocycles. The van der Waals surface area contributed by atoms with Crippen LogP contribution in [0.25, 0.3) is 0 Å². The van der Waals surface area contributed by atoms with E-state index in [0.29, 0.717) is 18.6 Å². The number of anilines is 2. The molecule has 3 aromatic rings. The molecule has 0 spiro atoms. The smallest absolute Gasteiger partial charge is 0.306 e. The van der Waals surface area contributed by atoms with Crippen molar-refractivity contribution in [3.63, 3.8) is 0 Å². The van der Waals surface area contributed by atoms with Crippen molar-refractivity contribution in [1.29, 1.82) is 0 Å². The van der Waals surface area contributed by atoms with Crippen LogP contribution >= 0.6 is 24.8 Å². The van der Waals surface area contributed by atoms with Crippen LogP contribution in [0.15, 0.2) is 77.9 Å². The number of benzene rings is 3. The number of nitrogens with zero attached hydrogens (tertiary/aromatic N) is 3. The van der Waals surface area contributed by atoms with Crippen LogP contribution in [0.2, 0.25) is 0 Å². The first-order chi connectivity index (χ1) is 19.1. The van der Waals surface area contributed by atoms with Gasteiger partial charge in [0.15, 0.2) is 0 Å². The van der Waals surface area contributed by atoms with Crippen LogP contribution in [0, 0.1) is 5.92 Å². The molecule has 218 valence electrons. The summed E-state index contributed by atoms with van der Waals surface area (Å²) in [5, 5.41) is 9.77. The Kier molecular flexibility index (Phi) is 12.0. The van der Waals surface area contributed by atoms with E-state index in [1.807, 2.05) is 55.6 Å². The number of nitrogens with one attached hydrogen (secondary N) is 1. The van der Waals surface area contributed by atoms with Crippen LogP contribution in [-0.2, 0) is 22.4 Å². The summed E-state index contributed by atoms with van der Waals surface area (Å²) in [7, 11) is 0. The van der Waals surface area contributed by atoms with Crippen molar-refractivity contribution < 1.29 is 14.3 Å². The highest BCUT2D eigenvalue weighted by Crippen LogP contribution is 2.30. The van der Waals surface area contributed by atoms with Crippen molar-refractivity contribution in [2.75, 3.05) is 43.0 Å². The summed E-state index contributed by atoms with van der Waals surface area (Å²) in [6.45, 7) is 5.87. The van der Waals surface area contributed by atoms with Crippen molar-refractivity contribution in [2.45, 2.75) is 32.6 Å². The van der Waals surface area contributed by atoms with Gasteiger partial charge in [0, 0.05) is 36.4 Å². The van der Waals surface area contributed by atoms with Crippen molar-refractivity contribution in [3.05, 3.63) is 95.1 Å². The SMILES string of the molecule is CCOC(=O)CC1CCc2ccc(NC(=O)c3ccc(C=NN4CCN(c5ccccc5)CC4)cc3)cc2C1.Cl.Cl. The molecule has 0 saturated carbocycles. The summed E-state index contributed by atoms with van der Waals surface area (Å²) in [4.78, 5) is 27.2. The number of rotatable bonds is 8. The van der Waals surface area contributed by atoms with Gasteiger partial charge < -0.3 is 15.0 Å². The van der Waals surface area contributed by atoms with Gasteiger partial charge in [-0.3, -0.25) is 14.6 Å². The van der Waals surface area contributed by atoms with E-state index >= 15 is 0 Å². The average Bonchev–Trinajstić information content (AvgIpc) is 2.97. The molecule has 1 amide bonds. The molecule has 1 saturated heterocycles. The number of halogens is 2. The van der Waals surface area contributed by atoms with Gasteiger partial charge in [-0.25, -0.2) is 0 Å². The minimum Gasteiger partial charge on any atom is -0.466 e. The minimum absolute atomic E-state index is 0. The van der Waals surface area contributed by atoms with Gasteiger partial charge in [0.05, 0.1) is 25.9 Å². The van der Waals surface area contributed by atoms with E-state index in [9.17, 15) is 9.59 Å². The predicted octanol–water partition coefficient (Wildman–Crippen LogP) is 6.00. The van der Waals surface area contributed by atoms with E-state index in [-0.39, 0.29) is 42.6 Å². The van der Waals surface area contributed by atoms with Crippen LogP contribution in [0.3, 0.4) is 0 Å². The molecule has 3 aromatic carbocycles. The Morgan fingerprint density at radius 3 is 2.39 bits per heavy atom. The summed E-state index contributed by atoms with van der Waals surface area (Å²) in [5.74, 6) is 0.00771. The fraction of sp³-hybridized carbons (Fsp3) is 0.344. The maximum atomic E-state index is 12.9. The lowest BCUT2D eigenvalue weighted by Gasteiger charge is -2.34. The minimum atomic E-state index is -0.144. The second-order valence-electron chi connectivity index (χ2n) is 10.2. The quantitative estimate of drug-likeness (QED) is 0.255. The first kappa shape index (κ1) is 32.0. The van der Waals surface area contributed by atoms with Gasteiger partial charge in [-0.15, -0.1) is 24.8 Å².